The lowest BCUT2D eigenvalue weighted by Gasteiger charge is -2.24. The molecule has 5 heteroatoms. The number of halogens is 1. The Bertz CT molecular complexity index is 462. The molecule has 0 N–H and O–H groups in total. The summed E-state index contributed by atoms with van der Waals surface area (Å²) in [5, 5.41) is 0.414. The van der Waals surface area contributed by atoms with Crippen molar-refractivity contribution >= 4 is 23.5 Å². The molecule has 0 spiro atoms. The molecule has 1 amide bonds. The molecule has 4 nitrogen and oxygen atoms in total. The number of hydrogen-bond acceptors (Lipinski definition) is 3. The number of nitrogens with zero attached hydrogens (tertiary/aromatic N) is 1. The van der Waals surface area contributed by atoms with E-state index in [9.17, 15) is 9.59 Å². The van der Waals surface area contributed by atoms with Crippen molar-refractivity contribution in [1.29, 1.82) is 0 Å². The van der Waals surface area contributed by atoms with Crippen molar-refractivity contribution in [3.63, 3.8) is 0 Å². The predicted molar refractivity (Wildman–Crippen MR) is 74.2 cm³/mol. The number of methoxy groups -OCH3 is 1. The second-order valence-corrected chi connectivity index (χ2v) is 4.66. The quantitative estimate of drug-likeness (QED) is 0.781. The summed E-state index contributed by atoms with van der Waals surface area (Å²) < 4.78 is 4.66. The van der Waals surface area contributed by atoms with Gasteiger partial charge < -0.3 is 9.64 Å². The maximum Gasteiger partial charge on any atom is 0.310 e. The van der Waals surface area contributed by atoms with Crippen LogP contribution in [-0.4, -0.2) is 37.0 Å². The number of carbonyl (C=O) groups excluding carboxylic acids is 2. The lowest BCUT2D eigenvalue weighted by Crippen LogP contribution is -2.37. The lowest BCUT2D eigenvalue weighted by atomic mass is 10.1. The van der Waals surface area contributed by atoms with Crippen LogP contribution in [0.25, 0.3) is 0 Å². The fourth-order valence-electron chi connectivity index (χ4n) is 1.77. The van der Waals surface area contributed by atoms with Crippen LogP contribution in [0.2, 0.25) is 5.02 Å². The summed E-state index contributed by atoms with van der Waals surface area (Å²) in [6.45, 7) is 4.41. The van der Waals surface area contributed by atoms with E-state index in [0.717, 1.165) is 0 Å². The van der Waals surface area contributed by atoms with Crippen LogP contribution in [0.1, 0.15) is 24.2 Å². The zero-order valence-corrected chi connectivity index (χ0v) is 12.1. The number of amides is 1. The predicted octanol–water partition coefficient (Wildman–Crippen LogP) is 2.61. The largest absolute Gasteiger partial charge is 0.469 e. The van der Waals surface area contributed by atoms with Crippen molar-refractivity contribution in [3.05, 3.63) is 34.9 Å². The molecule has 1 atom stereocenters. The number of rotatable bonds is 5. The van der Waals surface area contributed by atoms with E-state index in [1.165, 1.54) is 7.11 Å². The van der Waals surface area contributed by atoms with Crippen LogP contribution < -0.4 is 0 Å². The summed E-state index contributed by atoms with van der Waals surface area (Å²) in [6.07, 6.45) is 0. The van der Waals surface area contributed by atoms with Crippen molar-refractivity contribution in [2.24, 2.45) is 5.92 Å². The number of esters is 1. The maximum absolute atomic E-state index is 12.3. The van der Waals surface area contributed by atoms with Gasteiger partial charge in [0.05, 0.1) is 23.6 Å². The molecule has 0 aliphatic carbocycles. The normalized spacial score (nSPS) is 11.8. The Labute approximate surface area is 118 Å². The molecular weight excluding hydrogens is 266 g/mol. The highest BCUT2D eigenvalue weighted by Gasteiger charge is 2.22. The van der Waals surface area contributed by atoms with Crippen LogP contribution in [0, 0.1) is 5.92 Å². The molecule has 0 aromatic heterocycles. The van der Waals surface area contributed by atoms with Crippen LogP contribution in [0.3, 0.4) is 0 Å². The average molecular weight is 284 g/mol. The van der Waals surface area contributed by atoms with Crippen LogP contribution in [0.15, 0.2) is 24.3 Å². The smallest absolute Gasteiger partial charge is 0.310 e. The summed E-state index contributed by atoms with van der Waals surface area (Å²) in [7, 11) is 1.34. The van der Waals surface area contributed by atoms with Gasteiger partial charge in [-0.25, -0.2) is 0 Å². The monoisotopic (exact) mass is 283 g/mol. The summed E-state index contributed by atoms with van der Waals surface area (Å²) in [5.74, 6) is -0.870. The second kappa shape index (κ2) is 7.14. The van der Waals surface area contributed by atoms with Gasteiger partial charge in [-0.05, 0) is 19.1 Å². The van der Waals surface area contributed by atoms with E-state index in [2.05, 4.69) is 4.74 Å². The van der Waals surface area contributed by atoms with Crippen molar-refractivity contribution in [1.82, 2.24) is 4.90 Å². The van der Waals surface area contributed by atoms with Crippen molar-refractivity contribution in [3.8, 4) is 0 Å². The van der Waals surface area contributed by atoms with Gasteiger partial charge in [0.15, 0.2) is 0 Å². The molecule has 0 bridgehead atoms. The van der Waals surface area contributed by atoms with Crippen LogP contribution in [-0.2, 0) is 9.53 Å². The van der Waals surface area contributed by atoms with Crippen molar-refractivity contribution in [2.75, 3.05) is 20.2 Å². The molecule has 1 unspecified atom stereocenters. The van der Waals surface area contributed by atoms with E-state index in [0.29, 0.717) is 23.7 Å². The van der Waals surface area contributed by atoms with Gasteiger partial charge in [-0.1, -0.05) is 30.7 Å². The number of ether oxygens (including phenoxy) is 1. The Kier molecular flexibility index (Phi) is 5.83. The lowest BCUT2D eigenvalue weighted by molar-refractivity contribution is -0.145. The van der Waals surface area contributed by atoms with E-state index in [1.807, 2.05) is 6.92 Å². The minimum absolute atomic E-state index is 0.177. The average Bonchev–Trinajstić information content (AvgIpc) is 2.43. The summed E-state index contributed by atoms with van der Waals surface area (Å²) >= 11 is 6.01. The third kappa shape index (κ3) is 3.96. The Morgan fingerprint density at radius 3 is 2.53 bits per heavy atom. The van der Waals surface area contributed by atoms with Crippen LogP contribution in [0.4, 0.5) is 0 Å². The van der Waals surface area contributed by atoms with Gasteiger partial charge in [0.2, 0.25) is 0 Å². The van der Waals surface area contributed by atoms with Gasteiger partial charge in [-0.3, -0.25) is 9.59 Å². The van der Waals surface area contributed by atoms with E-state index < -0.39 is 0 Å². The number of benzene rings is 1. The third-order valence-corrected chi connectivity index (χ3v) is 3.20. The van der Waals surface area contributed by atoms with Crippen LogP contribution in [0.5, 0.6) is 0 Å². The molecule has 0 heterocycles. The third-order valence-electron chi connectivity index (χ3n) is 2.87. The van der Waals surface area contributed by atoms with Gasteiger partial charge >= 0.3 is 5.97 Å². The van der Waals surface area contributed by atoms with Crippen LogP contribution >= 0.6 is 11.6 Å². The van der Waals surface area contributed by atoms with Crippen molar-refractivity contribution < 1.29 is 14.3 Å². The van der Waals surface area contributed by atoms with E-state index in [4.69, 9.17) is 11.6 Å². The molecule has 0 saturated heterocycles. The summed E-state index contributed by atoms with van der Waals surface area (Å²) in [5.41, 5.74) is 0.447. The fraction of sp³-hybridized carbons (Fsp3) is 0.429. The zero-order chi connectivity index (χ0) is 14.4. The van der Waals surface area contributed by atoms with E-state index >= 15 is 0 Å². The highest BCUT2D eigenvalue weighted by molar-refractivity contribution is 6.33. The molecule has 0 fully saturated rings. The van der Waals surface area contributed by atoms with Crippen molar-refractivity contribution in [2.45, 2.75) is 13.8 Å². The molecule has 0 aliphatic rings. The minimum Gasteiger partial charge on any atom is -0.469 e. The molecule has 19 heavy (non-hydrogen) atoms. The first-order valence-electron chi connectivity index (χ1n) is 6.12. The van der Waals surface area contributed by atoms with Gasteiger partial charge in [-0.2, -0.15) is 0 Å². The molecular formula is C14H18ClNO3. The highest BCUT2D eigenvalue weighted by Crippen LogP contribution is 2.17. The highest BCUT2D eigenvalue weighted by atomic mass is 35.5. The Morgan fingerprint density at radius 2 is 2.00 bits per heavy atom. The van der Waals surface area contributed by atoms with E-state index in [1.54, 1.807) is 36.1 Å². The molecule has 0 radical (unpaired) electrons. The summed E-state index contributed by atoms with van der Waals surface area (Å²) in [4.78, 5) is 25.3. The molecule has 1 rings (SSSR count). The number of hydrogen-bond donors (Lipinski definition) is 0. The first kappa shape index (κ1) is 15.5. The second-order valence-electron chi connectivity index (χ2n) is 4.25. The first-order valence-corrected chi connectivity index (χ1v) is 6.50. The minimum atomic E-state index is -0.364. The maximum atomic E-state index is 12.3. The molecule has 1 aromatic carbocycles. The van der Waals surface area contributed by atoms with Gasteiger partial charge in [0.25, 0.3) is 5.91 Å². The molecule has 0 saturated carbocycles. The summed E-state index contributed by atoms with van der Waals surface area (Å²) in [6, 6.07) is 6.88. The van der Waals surface area contributed by atoms with Gasteiger partial charge in [0, 0.05) is 13.1 Å². The molecule has 104 valence electrons. The standard InChI is InChI=1S/C14H18ClNO3/c1-4-16(9-10(2)14(18)19-3)13(17)11-7-5-6-8-12(11)15/h5-8,10H,4,9H2,1-3H3. The van der Waals surface area contributed by atoms with E-state index in [-0.39, 0.29) is 17.8 Å². The molecule has 0 aliphatic heterocycles. The Morgan fingerprint density at radius 1 is 1.37 bits per heavy atom. The zero-order valence-electron chi connectivity index (χ0n) is 11.4. The number of carbonyl (C=O) groups is 2. The topological polar surface area (TPSA) is 46.6 Å². The fourth-order valence-corrected chi connectivity index (χ4v) is 1.98. The first-order chi connectivity index (χ1) is 9.01. The molecule has 1 aromatic rings. The Balaban J connectivity index is 2.83. The van der Waals surface area contributed by atoms with Gasteiger partial charge in [0.1, 0.15) is 0 Å². The Hall–Kier alpha value is -1.55. The van der Waals surface area contributed by atoms with Gasteiger partial charge in [-0.15, -0.1) is 0 Å². The SMILES string of the molecule is CCN(CC(C)C(=O)OC)C(=O)c1ccccc1Cl.